The van der Waals surface area contributed by atoms with Gasteiger partial charge in [-0.3, -0.25) is 5.10 Å². The van der Waals surface area contributed by atoms with Crippen LogP contribution >= 0.6 is 23.2 Å². The number of aromatic amines is 1. The fourth-order valence-corrected chi connectivity index (χ4v) is 1.88. The maximum absolute atomic E-state index is 5.91. The molecule has 6 heteroatoms. The zero-order chi connectivity index (χ0) is 11.5. The Kier molecular flexibility index (Phi) is 3.43. The average molecular weight is 257 g/mol. The van der Waals surface area contributed by atoms with Crippen molar-refractivity contribution in [1.82, 2.24) is 20.5 Å². The first-order valence-electron chi connectivity index (χ1n) is 4.71. The number of nitrogens with zero attached hydrogens (tertiary/aromatic N) is 2. The van der Waals surface area contributed by atoms with Crippen LogP contribution in [0.25, 0.3) is 11.4 Å². The van der Waals surface area contributed by atoms with Crippen molar-refractivity contribution in [2.24, 2.45) is 0 Å². The van der Waals surface area contributed by atoms with E-state index in [1.54, 1.807) is 18.2 Å². The van der Waals surface area contributed by atoms with Gasteiger partial charge >= 0.3 is 0 Å². The van der Waals surface area contributed by atoms with E-state index in [9.17, 15) is 0 Å². The topological polar surface area (TPSA) is 53.6 Å². The Morgan fingerprint density at radius 1 is 1.25 bits per heavy atom. The monoisotopic (exact) mass is 256 g/mol. The van der Waals surface area contributed by atoms with E-state index in [-0.39, 0.29) is 0 Å². The first-order valence-corrected chi connectivity index (χ1v) is 5.47. The van der Waals surface area contributed by atoms with Crippen LogP contribution < -0.4 is 5.32 Å². The molecule has 84 valence electrons. The smallest absolute Gasteiger partial charge is 0.181 e. The molecular weight excluding hydrogens is 247 g/mol. The summed E-state index contributed by atoms with van der Waals surface area (Å²) in [7, 11) is 1.85. The molecule has 0 amide bonds. The van der Waals surface area contributed by atoms with Gasteiger partial charge < -0.3 is 5.32 Å². The van der Waals surface area contributed by atoms with Gasteiger partial charge in [-0.05, 0) is 25.2 Å². The highest BCUT2D eigenvalue weighted by Crippen LogP contribution is 2.24. The molecule has 0 spiro atoms. The van der Waals surface area contributed by atoms with Crippen molar-refractivity contribution in [3.05, 3.63) is 34.1 Å². The van der Waals surface area contributed by atoms with E-state index < -0.39 is 0 Å². The van der Waals surface area contributed by atoms with Crippen LogP contribution in [0.15, 0.2) is 18.2 Å². The summed E-state index contributed by atoms with van der Waals surface area (Å²) in [6.07, 6.45) is 0. The number of rotatable bonds is 3. The Balaban J connectivity index is 2.34. The molecule has 16 heavy (non-hydrogen) atoms. The van der Waals surface area contributed by atoms with E-state index in [0.29, 0.717) is 22.4 Å². The molecule has 0 saturated heterocycles. The van der Waals surface area contributed by atoms with Crippen LogP contribution in [-0.2, 0) is 6.54 Å². The molecule has 1 aromatic heterocycles. The number of H-pyrrole nitrogens is 1. The molecule has 0 radical (unpaired) electrons. The summed E-state index contributed by atoms with van der Waals surface area (Å²) in [5.41, 5.74) is 0.802. The second-order valence-corrected chi connectivity index (χ2v) is 4.17. The standard InChI is InChI=1S/C10H10Cl2N4/c1-13-5-9-14-10(16-15-9)6-2-7(11)4-8(12)3-6/h2-4,13H,5H2,1H3,(H,14,15,16). The molecule has 2 rings (SSSR count). The molecule has 2 aromatic rings. The molecule has 0 aliphatic heterocycles. The maximum atomic E-state index is 5.91. The first-order chi connectivity index (χ1) is 7.69. The minimum Gasteiger partial charge on any atom is -0.313 e. The molecule has 0 aliphatic rings. The molecule has 1 aromatic carbocycles. The van der Waals surface area contributed by atoms with Crippen LogP contribution in [0.4, 0.5) is 0 Å². The van der Waals surface area contributed by atoms with Gasteiger partial charge in [-0.1, -0.05) is 23.2 Å². The van der Waals surface area contributed by atoms with E-state index in [0.717, 1.165) is 11.4 Å². The van der Waals surface area contributed by atoms with Crippen molar-refractivity contribution >= 4 is 23.2 Å². The zero-order valence-corrected chi connectivity index (χ0v) is 10.1. The SMILES string of the molecule is CNCc1nc(-c2cc(Cl)cc(Cl)c2)n[nH]1. The Morgan fingerprint density at radius 2 is 1.94 bits per heavy atom. The lowest BCUT2D eigenvalue weighted by atomic mass is 10.2. The van der Waals surface area contributed by atoms with Crippen molar-refractivity contribution in [2.75, 3.05) is 7.05 Å². The number of hydrogen-bond acceptors (Lipinski definition) is 3. The van der Waals surface area contributed by atoms with Gasteiger partial charge in [-0.25, -0.2) is 4.98 Å². The summed E-state index contributed by atoms with van der Waals surface area (Å²) in [5.74, 6) is 1.36. The Morgan fingerprint density at radius 3 is 2.56 bits per heavy atom. The van der Waals surface area contributed by atoms with Crippen molar-refractivity contribution in [3.63, 3.8) is 0 Å². The molecule has 0 atom stereocenters. The number of hydrogen-bond donors (Lipinski definition) is 2. The van der Waals surface area contributed by atoms with Gasteiger partial charge in [0.2, 0.25) is 0 Å². The molecule has 0 aliphatic carbocycles. The van der Waals surface area contributed by atoms with Crippen LogP contribution in [0.5, 0.6) is 0 Å². The minimum absolute atomic E-state index is 0.572. The number of benzene rings is 1. The van der Waals surface area contributed by atoms with Gasteiger partial charge in [-0.15, -0.1) is 0 Å². The number of aromatic nitrogens is 3. The summed E-state index contributed by atoms with van der Waals surface area (Å²) in [4.78, 5) is 4.31. The van der Waals surface area contributed by atoms with E-state index >= 15 is 0 Å². The van der Waals surface area contributed by atoms with Crippen LogP contribution in [0.3, 0.4) is 0 Å². The molecule has 4 nitrogen and oxygen atoms in total. The predicted octanol–water partition coefficient (Wildman–Crippen LogP) is 2.50. The van der Waals surface area contributed by atoms with E-state index in [2.05, 4.69) is 20.5 Å². The molecule has 0 bridgehead atoms. The quantitative estimate of drug-likeness (QED) is 0.888. The fraction of sp³-hybridized carbons (Fsp3) is 0.200. The summed E-state index contributed by atoms with van der Waals surface area (Å²) >= 11 is 11.8. The molecule has 1 heterocycles. The largest absolute Gasteiger partial charge is 0.313 e. The summed E-state index contributed by atoms with van der Waals surface area (Å²) in [5, 5.41) is 11.1. The Labute approximate surface area is 103 Å². The summed E-state index contributed by atoms with van der Waals surface area (Å²) in [6, 6.07) is 5.23. The second kappa shape index (κ2) is 4.82. The van der Waals surface area contributed by atoms with Crippen LogP contribution in [0.2, 0.25) is 10.0 Å². The highest BCUT2D eigenvalue weighted by Gasteiger charge is 2.07. The number of halogens is 2. The van der Waals surface area contributed by atoms with Crippen molar-refractivity contribution in [1.29, 1.82) is 0 Å². The van der Waals surface area contributed by atoms with Gasteiger partial charge in [-0.2, -0.15) is 5.10 Å². The normalized spacial score (nSPS) is 10.7. The number of nitrogens with one attached hydrogen (secondary N) is 2. The predicted molar refractivity (Wildman–Crippen MR) is 64.6 cm³/mol. The third-order valence-electron chi connectivity index (χ3n) is 2.00. The van der Waals surface area contributed by atoms with Gasteiger partial charge in [0.25, 0.3) is 0 Å². The lowest BCUT2D eigenvalue weighted by molar-refractivity contribution is 0.763. The van der Waals surface area contributed by atoms with Crippen molar-refractivity contribution < 1.29 is 0 Å². The molecule has 2 N–H and O–H groups in total. The van der Waals surface area contributed by atoms with Crippen molar-refractivity contribution in [3.8, 4) is 11.4 Å². The third-order valence-corrected chi connectivity index (χ3v) is 2.43. The van der Waals surface area contributed by atoms with Gasteiger partial charge in [0.15, 0.2) is 5.82 Å². The van der Waals surface area contributed by atoms with Crippen molar-refractivity contribution in [2.45, 2.75) is 6.54 Å². The molecule has 0 fully saturated rings. The van der Waals surface area contributed by atoms with E-state index in [1.807, 2.05) is 7.05 Å². The molecule has 0 saturated carbocycles. The summed E-state index contributed by atoms with van der Waals surface area (Å²) in [6.45, 7) is 0.640. The van der Waals surface area contributed by atoms with Crippen LogP contribution in [-0.4, -0.2) is 22.2 Å². The lowest BCUT2D eigenvalue weighted by Gasteiger charge is -1.97. The third kappa shape index (κ3) is 2.52. The highest BCUT2D eigenvalue weighted by molar-refractivity contribution is 6.35. The Bertz CT molecular complexity index is 475. The first kappa shape index (κ1) is 11.4. The minimum atomic E-state index is 0.572. The molecular formula is C10H10Cl2N4. The second-order valence-electron chi connectivity index (χ2n) is 3.29. The zero-order valence-electron chi connectivity index (χ0n) is 8.59. The Hall–Kier alpha value is -1.10. The van der Waals surface area contributed by atoms with Gasteiger partial charge in [0.1, 0.15) is 5.82 Å². The average Bonchev–Trinajstić information content (AvgIpc) is 2.65. The van der Waals surface area contributed by atoms with Gasteiger partial charge in [0.05, 0.1) is 6.54 Å². The van der Waals surface area contributed by atoms with Crippen LogP contribution in [0, 0.1) is 0 Å². The van der Waals surface area contributed by atoms with Crippen LogP contribution in [0.1, 0.15) is 5.82 Å². The van der Waals surface area contributed by atoms with Gasteiger partial charge in [0, 0.05) is 15.6 Å². The highest BCUT2D eigenvalue weighted by atomic mass is 35.5. The van der Waals surface area contributed by atoms with E-state index in [4.69, 9.17) is 23.2 Å². The molecule has 0 unspecified atom stereocenters. The lowest BCUT2D eigenvalue weighted by Crippen LogP contribution is -2.06. The van der Waals surface area contributed by atoms with E-state index in [1.165, 1.54) is 0 Å². The fourth-order valence-electron chi connectivity index (χ4n) is 1.35. The summed E-state index contributed by atoms with van der Waals surface area (Å²) < 4.78 is 0. The maximum Gasteiger partial charge on any atom is 0.181 e.